The van der Waals surface area contributed by atoms with Gasteiger partial charge < -0.3 is 0 Å². The molecular formula is C10H10Br2OS. The highest BCUT2D eigenvalue weighted by atomic mass is 79.9. The Balaban J connectivity index is 3.12. The topological polar surface area (TPSA) is 17.1 Å². The number of benzene rings is 1. The molecule has 0 spiro atoms. The Labute approximate surface area is 106 Å². The van der Waals surface area contributed by atoms with Crippen LogP contribution < -0.4 is 0 Å². The first kappa shape index (κ1) is 12.3. The Hall–Kier alpha value is 0.200. The molecule has 0 aromatic heterocycles. The molecule has 0 heterocycles. The molecule has 0 bridgehead atoms. The van der Waals surface area contributed by atoms with Gasteiger partial charge in [-0.3, -0.25) is 4.79 Å². The Morgan fingerprint density at radius 2 is 2.21 bits per heavy atom. The first-order valence-corrected chi connectivity index (χ1v) is 6.61. The minimum absolute atomic E-state index is 0.0674. The van der Waals surface area contributed by atoms with Gasteiger partial charge in [0.1, 0.15) is 0 Å². The summed E-state index contributed by atoms with van der Waals surface area (Å²) in [7, 11) is 0. The van der Waals surface area contributed by atoms with Gasteiger partial charge in [-0.15, -0.1) is 12.6 Å². The van der Waals surface area contributed by atoms with Crippen LogP contribution in [0.25, 0.3) is 0 Å². The molecule has 4 heteroatoms. The zero-order valence-corrected chi connectivity index (χ0v) is 11.7. The van der Waals surface area contributed by atoms with Gasteiger partial charge in [0.05, 0.1) is 4.83 Å². The molecule has 0 saturated carbocycles. The van der Waals surface area contributed by atoms with Crippen LogP contribution in [0.5, 0.6) is 0 Å². The van der Waals surface area contributed by atoms with E-state index in [1.165, 1.54) is 0 Å². The maximum atomic E-state index is 11.7. The normalized spacial score (nSPS) is 12.6. The summed E-state index contributed by atoms with van der Waals surface area (Å²) >= 11 is 10.9. The molecule has 0 aliphatic heterocycles. The van der Waals surface area contributed by atoms with Crippen LogP contribution in [0.4, 0.5) is 0 Å². The van der Waals surface area contributed by atoms with E-state index in [9.17, 15) is 4.79 Å². The monoisotopic (exact) mass is 336 g/mol. The van der Waals surface area contributed by atoms with Crippen molar-refractivity contribution in [2.45, 2.75) is 22.0 Å². The van der Waals surface area contributed by atoms with Crippen molar-refractivity contribution in [3.63, 3.8) is 0 Å². The smallest absolute Gasteiger partial charge is 0.177 e. The predicted octanol–water partition coefficient (Wildman–Crippen LogP) is 3.84. The quantitative estimate of drug-likeness (QED) is 0.504. The molecule has 0 aliphatic rings. The second kappa shape index (κ2) is 5.33. The van der Waals surface area contributed by atoms with Gasteiger partial charge in [0.2, 0.25) is 0 Å². The fraction of sp³-hybridized carbons (Fsp3) is 0.300. The number of alkyl halides is 2. The summed E-state index contributed by atoms with van der Waals surface area (Å²) in [4.78, 5) is 12.3. The van der Waals surface area contributed by atoms with E-state index in [-0.39, 0.29) is 10.6 Å². The third-order valence-electron chi connectivity index (χ3n) is 1.84. The van der Waals surface area contributed by atoms with E-state index >= 15 is 0 Å². The standard InChI is InChI=1S/C10H10Br2OS/c1-6(12)10(13)8-4-7(5-11)2-3-9(8)14/h2-4,6,14H,5H2,1H3. The van der Waals surface area contributed by atoms with Crippen LogP contribution in [0.15, 0.2) is 23.1 Å². The van der Waals surface area contributed by atoms with E-state index in [1.807, 2.05) is 25.1 Å². The number of halogens is 2. The van der Waals surface area contributed by atoms with Crippen LogP contribution in [-0.4, -0.2) is 10.6 Å². The van der Waals surface area contributed by atoms with E-state index in [0.29, 0.717) is 5.56 Å². The summed E-state index contributed by atoms with van der Waals surface area (Å²) < 4.78 is 0. The van der Waals surface area contributed by atoms with E-state index in [0.717, 1.165) is 15.8 Å². The number of hydrogen-bond donors (Lipinski definition) is 1. The molecule has 0 saturated heterocycles. The highest BCUT2D eigenvalue weighted by Crippen LogP contribution is 2.20. The minimum Gasteiger partial charge on any atom is -0.293 e. The summed E-state index contributed by atoms with van der Waals surface area (Å²) in [6, 6.07) is 5.67. The Morgan fingerprint density at radius 1 is 1.57 bits per heavy atom. The number of thiol groups is 1. The minimum atomic E-state index is -0.168. The van der Waals surface area contributed by atoms with Gasteiger partial charge in [-0.1, -0.05) is 37.9 Å². The second-order valence-electron chi connectivity index (χ2n) is 2.97. The zero-order chi connectivity index (χ0) is 10.7. The molecule has 1 aromatic carbocycles. The molecule has 1 aromatic rings. The average molecular weight is 338 g/mol. The lowest BCUT2D eigenvalue weighted by Gasteiger charge is -2.07. The van der Waals surface area contributed by atoms with Crippen molar-refractivity contribution in [1.29, 1.82) is 0 Å². The van der Waals surface area contributed by atoms with Crippen LogP contribution >= 0.6 is 44.5 Å². The molecule has 1 rings (SSSR count). The summed E-state index contributed by atoms with van der Waals surface area (Å²) in [5.41, 5.74) is 1.76. The Morgan fingerprint density at radius 3 is 2.71 bits per heavy atom. The fourth-order valence-electron chi connectivity index (χ4n) is 1.08. The van der Waals surface area contributed by atoms with Gasteiger partial charge in [-0.25, -0.2) is 0 Å². The SMILES string of the molecule is CC(Br)C(=O)c1cc(CBr)ccc1S. The lowest BCUT2D eigenvalue weighted by atomic mass is 10.1. The molecule has 76 valence electrons. The van der Waals surface area contributed by atoms with Crippen molar-refractivity contribution in [3.05, 3.63) is 29.3 Å². The molecule has 1 unspecified atom stereocenters. The van der Waals surface area contributed by atoms with Gasteiger partial charge in [-0.05, 0) is 24.6 Å². The second-order valence-corrected chi connectivity index (χ2v) is 5.38. The van der Waals surface area contributed by atoms with Crippen molar-refractivity contribution >= 4 is 50.3 Å². The van der Waals surface area contributed by atoms with Gasteiger partial charge in [0, 0.05) is 15.8 Å². The molecular weight excluding hydrogens is 328 g/mol. The average Bonchev–Trinajstić information content (AvgIpc) is 2.17. The van der Waals surface area contributed by atoms with Crippen LogP contribution in [0.1, 0.15) is 22.8 Å². The van der Waals surface area contributed by atoms with E-state index in [1.54, 1.807) is 0 Å². The van der Waals surface area contributed by atoms with Gasteiger partial charge in [0.15, 0.2) is 5.78 Å². The maximum Gasteiger partial charge on any atom is 0.177 e. The van der Waals surface area contributed by atoms with Crippen molar-refractivity contribution in [2.24, 2.45) is 0 Å². The van der Waals surface area contributed by atoms with Crippen LogP contribution in [0.3, 0.4) is 0 Å². The fourth-order valence-corrected chi connectivity index (χ4v) is 1.92. The molecule has 0 N–H and O–H groups in total. The third-order valence-corrected chi connectivity index (χ3v) is 3.30. The number of Topliss-reactive ketones (excluding diaryl/α,β-unsaturated/α-hetero) is 1. The molecule has 0 fully saturated rings. The van der Waals surface area contributed by atoms with Crippen molar-refractivity contribution < 1.29 is 4.79 Å². The molecule has 0 amide bonds. The molecule has 0 radical (unpaired) electrons. The van der Waals surface area contributed by atoms with E-state index < -0.39 is 0 Å². The number of ketones is 1. The lowest BCUT2D eigenvalue weighted by molar-refractivity contribution is 0.0993. The van der Waals surface area contributed by atoms with Crippen molar-refractivity contribution in [2.75, 3.05) is 0 Å². The highest BCUT2D eigenvalue weighted by molar-refractivity contribution is 9.10. The Kier molecular flexibility index (Phi) is 4.67. The van der Waals surface area contributed by atoms with Gasteiger partial charge in [-0.2, -0.15) is 0 Å². The summed E-state index contributed by atoms with van der Waals surface area (Å²) in [5.74, 6) is 0.0674. The van der Waals surface area contributed by atoms with Crippen molar-refractivity contribution in [3.8, 4) is 0 Å². The number of carbonyl (C=O) groups excluding carboxylic acids is 1. The van der Waals surface area contributed by atoms with Gasteiger partial charge >= 0.3 is 0 Å². The number of rotatable bonds is 3. The molecule has 1 atom stereocenters. The first-order chi connectivity index (χ1) is 6.56. The molecule has 14 heavy (non-hydrogen) atoms. The predicted molar refractivity (Wildman–Crippen MR) is 69.0 cm³/mol. The van der Waals surface area contributed by atoms with E-state index in [2.05, 4.69) is 44.5 Å². The summed E-state index contributed by atoms with van der Waals surface area (Å²) in [5, 5.41) is 0.748. The number of carbonyl (C=O) groups is 1. The third kappa shape index (κ3) is 2.84. The summed E-state index contributed by atoms with van der Waals surface area (Å²) in [6.07, 6.45) is 0. The largest absolute Gasteiger partial charge is 0.293 e. The first-order valence-electron chi connectivity index (χ1n) is 4.12. The maximum absolute atomic E-state index is 11.7. The van der Waals surface area contributed by atoms with Crippen LogP contribution in [0.2, 0.25) is 0 Å². The Bertz CT molecular complexity index is 350. The number of hydrogen-bond acceptors (Lipinski definition) is 2. The summed E-state index contributed by atoms with van der Waals surface area (Å²) in [6.45, 7) is 1.82. The van der Waals surface area contributed by atoms with Gasteiger partial charge in [0.25, 0.3) is 0 Å². The van der Waals surface area contributed by atoms with Crippen LogP contribution in [-0.2, 0) is 5.33 Å². The van der Waals surface area contributed by atoms with Crippen LogP contribution in [0, 0.1) is 0 Å². The molecule has 0 aliphatic carbocycles. The van der Waals surface area contributed by atoms with E-state index in [4.69, 9.17) is 0 Å². The molecule has 1 nitrogen and oxygen atoms in total. The zero-order valence-electron chi connectivity index (χ0n) is 7.63. The lowest BCUT2D eigenvalue weighted by Crippen LogP contribution is -2.11. The highest BCUT2D eigenvalue weighted by Gasteiger charge is 2.14. The van der Waals surface area contributed by atoms with Crippen molar-refractivity contribution in [1.82, 2.24) is 0 Å².